The van der Waals surface area contributed by atoms with Crippen molar-refractivity contribution < 1.29 is 9.84 Å². The lowest BCUT2D eigenvalue weighted by Crippen LogP contribution is -2.02. The number of aliphatic hydroxyl groups excluding tert-OH is 1. The number of fused-ring (bicyclic) bond motifs is 1. The van der Waals surface area contributed by atoms with Gasteiger partial charge in [-0.2, -0.15) is 0 Å². The Morgan fingerprint density at radius 2 is 2.11 bits per heavy atom. The highest BCUT2D eigenvalue weighted by Crippen LogP contribution is 2.38. The van der Waals surface area contributed by atoms with Crippen molar-refractivity contribution in [3.8, 4) is 5.75 Å². The van der Waals surface area contributed by atoms with Crippen LogP contribution in [0.3, 0.4) is 0 Å². The number of aliphatic hydroxyl groups is 1. The molecule has 0 radical (unpaired) electrons. The van der Waals surface area contributed by atoms with Crippen molar-refractivity contribution in [3.05, 3.63) is 62.6 Å². The first-order valence-electron chi connectivity index (χ1n) is 6.04. The summed E-state index contributed by atoms with van der Waals surface area (Å²) in [5, 5.41) is 11.2. The molecule has 2 aromatic carbocycles. The molecule has 1 aliphatic rings. The maximum atomic E-state index is 10.5. The molecule has 0 bridgehead atoms. The zero-order valence-electron chi connectivity index (χ0n) is 10.1. The van der Waals surface area contributed by atoms with Crippen molar-refractivity contribution in [3.63, 3.8) is 0 Å². The number of rotatable bonds is 2. The van der Waals surface area contributed by atoms with E-state index in [1.165, 1.54) is 0 Å². The second-order valence-electron chi connectivity index (χ2n) is 4.54. The molecule has 98 valence electrons. The Morgan fingerprint density at radius 3 is 2.89 bits per heavy atom. The zero-order valence-corrected chi connectivity index (χ0v) is 12.4. The normalized spacial score (nSPS) is 14.9. The number of hydrogen-bond acceptors (Lipinski definition) is 2. The lowest BCUT2D eigenvalue weighted by Gasteiger charge is -2.16. The predicted molar refractivity (Wildman–Crippen MR) is 78.9 cm³/mol. The van der Waals surface area contributed by atoms with Crippen LogP contribution in [0.5, 0.6) is 5.75 Å². The minimum Gasteiger partial charge on any atom is -0.493 e. The highest BCUT2D eigenvalue weighted by molar-refractivity contribution is 9.10. The quantitative estimate of drug-likeness (QED) is 0.892. The fraction of sp³-hybridized carbons (Fsp3) is 0.200. The first kappa shape index (κ1) is 13.0. The van der Waals surface area contributed by atoms with Crippen LogP contribution in [0.4, 0.5) is 0 Å². The molecule has 0 aliphatic carbocycles. The van der Waals surface area contributed by atoms with E-state index in [0.717, 1.165) is 33.3 Å². The Bertz CT molecular complexity index is 628. The Labute approximate surface area is 125 Å². The van der Waals surface area contributed by atoms with Crippen LogP contribution in [0, 0.1) is 0 Å². The Hall–Kier alpha value is -1.03. The maximum absolute atomic E-state index is 10.5. The molecule has 2 nitrogen and oxygen atoms in total. The molecule has 0 saturated heterocycles. The molecule has 0 aromatic heterocycles. The minimum atomic E-state index is -0.733. The lowest BCUT2D eigenvalue weighted by atomic mass is 9.98. The number of ether oxygens (including phenoxy) is 1. The summed E-state index contributed by atoms with van der Waals surface area (Å²) in [7, 11) is 0. The van der Waals surface area contributed by atoms with Gasteiger partial charge in [-0.25, -0.2) is 0 Å². The molecule has 0 fully saturated rings. The van der Waals surface area contributed by atoms with Gasteiger partial charge in [0, 0.05) is 21.5 Å². The van der Waals surface area contributed by atoms with E-state index in [2.05, 4.69) is 15.9 Å². The Kier molecular flexibility index (Phi) is 3.52. The van der Waals surface area contributed by atoms with Gasteiger partial charge in [0.15, 0.2) is 0 Å². The van der Waals surface area contributed by atoms with Crippen molar-refractivity contribution >= 4 is 27.5 Å². The fourth-order valence-electron chi connectivity index (χ4n) is 2.36. The SMILES string of the molecule is OC(c1cccc(Br)c1)c1cc(Cl)cc2c1OCC2. The molecule has 1 aliphatic heterocycles. The topological polar surface area (TPSA) is 29.5 Å². The van der Waals surface area contributed by atoms with E-state index in [1.807, 2.05) is 30.3 Å². The van der Waals surface area contributed by atoms with Crippen molar-refractivity contribution in [2.45, 2.75) is 12.5 Å². The van der Waals surface area contributed by atoms with Crippen LogP contribution < -0.4 is 4.74 Å². The molecule has 2 aromatic rings. The average Bonchev–Trinajstić information content (AvgIpc) is 2.85. The highest BCUT2D eigenvalue weighted by Gasteiger charge is 2.23. The van der Waals surface area contributed by atoms with E-state index < -0.39 is 6.10 Å². The van der Waals surface area contributed by atoms with Crippen molar-refractivity contribution in [1.29, 1.82) is 0 Å². The summed E-state index contributed by atoms with van der Waals surface area (Å²) in [4.78, 5) is 0. The third kappa shape index (κ3) is 2.50. The molecule has 19 heavy (non-hydrogen) atoms. The molecule has 1 N–H and O–H groups in total. The Balaban J connectivity index is 2.07. The van der Waals surface area contributed by atoms with Gasteiger partial charge in [0.1, 0.15) is 11.9 Å². The van der Waals surface area contributed by atoms with Crippen molar-refractivity contribution in [2.75, 3.05) is 6.61 Å². The van der Waals surface area contributed by atoms with Gasteiger partial charge >= 0.3 is 0 Å². The van der Waals surface area contributed by atoms with E-state index >= 15 is 0 Å². The van der Waals surface area contributed by atoms with E-state index in [1.54, 1.807) is 6.07 Å². The van der Waals surface area contributed by atoms with Crippen LogP contribution in [0.2, 0.25) is 5.02 Å². The van der Waals surface area contributed by atoms with Gasteiger partial charge < -0.3 is 9.84 Å². The summed E-state index contributed by atoms with van der Waals surface area (Å²) >= 11 is 9.53. The average molecular weight is 340 g/mol. The standard InChI is InChI=1S/C15H12BrClO2/c16-11-3-1-2-9(6-11)14(18)13-8-12(17)7-10-4-5-19-15(10)13/h1-3,6-8,14,18H,4-5H2. The van der Waals surface area contributed by atoms with Crippen LogP contribution in [0.1, 0.15) is 22.8 Å². The van der Waals surface area contributed by atoms with Crippen LogP contribution in [-0.4, -0.2) is 11.7 Å². The lowest BCUT2D eigenvalue weighted by molar-refractivity contribution is 0.213. The van der Waals surface area contributed by atoms with E-state index in [4.69, 9.17) is 16.3 Å². The van der Waals surface area contributed by atoms with Gasteiger partial charge in [-0.05, 0) is 35.4 Å². The molecular formula is C15H12BrClO2. The van der Waals surface area contributed by atoms with Crippen molar-refractivity contribution in [2.24, 2.45) is 0 Å². The van der Waals surface area contributed by atoms with E-state index in [-0.39, 0.29) is 0 Å². The summed E-state index contributed by atoms with van der Waals surface area (Å²) in [5.41, 5.74) is 2.61. The number of hydrogen-bond donors (Lipinski definition) is 1. The van der Waals surface area contributed by atoms with Gasteiger partial charge in [0.05, 0.1) is 6.61 Å². The first-order valence-corrected chi connectivity index (χ1v) is 7.21. The molecule has 0 amide bonds. The summed E-state index contributed by atoms with van der Waals surface area (Å²) in [6, 6.07) is 11.3. The van der Waals surface area contributed by atoms with Crippen LogP contribution in [0.15, 0.2) is 40.9 Å². The molecular weight excluding hydrogens is 328 g/mol. The number of benzene rings is 2. The van der Waals surface area contributed by atoms with Crippen LogP contribution in [-0.2, 0) is 6.42 Å². The zero-order chi connectivity index (χ0) is 13.4. The van der Waals surface area contributed by atoms with E-state index in [0.29, 0.717) is 11.6 Å². The molecule has 0 spiro atoms. The molecule has 1 unspecified atom stereocenters. The first-order chi connectivity index (χ1) is 9.15. The van der Waals surface area contributed by atoms with Gasteiger partial charge in [0.25, 0.3) is 0 Å². The van der Waals surface area contributed by atoms with Gasteiger partial charge in [0.2, 0.25) is 0 Å². The molecule has 1 heterocycles. The van der Waals surface area contributed by atoms with E-state index in [9.17, 15) is 5.11 Å². The minimum absolute atomic E-state index is 0.633. The van der Waals surface area contributed by atoms with Gasteiger partial charge in [-0.1, -0.05) is 39.7 Å². The van der Waals surface area contributed by atoms with Gasteiger partial charge in [-0.15, -0.1) is 0 Å². The van der Waals surface area contributed by atoms with Crippen LogP contribution in [0.25, 0.3) is 0 Å². The third-order valence-electron chi connectivity index (χ3n) is 3.24. The predicted octanol–water partition coefficient (Wildman–Crippen LogP) is 4.12. The second-order valence-corrected chi connectivity index (χ2v) is 5.89. The maximum Gasteiger partial charge on any atom is 0.128 e. The third-order valence-corrected chi connectivity index (χ3v) is 3.95. The Morgan fingerprint density at radius 1 is 1.26 bits per heavy atom. The number of halogens is 2. The largest absolute Gasteiger partial charge is 0.493 e. The van der Waals surface area contributed by atoms with Crippen molar-refractivity contribution in [1.82, 2.24) is 0 Å². The summed E-state index contributed by atoms with van der Waals surface area (Å²) in [6.07, 6.45) is 0.108. The molecule has 3 rings (SSSR count). The molecule has 1 atom stereocenters. The second kappa shape index (κ2) is 5.16. The summed E-state index contributed by atoms with van der Waals surface area (Å²) in [6.45, 7) is 0.647. The molecule has 4 heteroatoms. The monoisotopic (exact) mass is 338 g/mol. The van der Waals surface area contributed by atoms with Gasteiger partial charge in [-0.3, -0.25) is 0 Å². The molecule has 0 saturated carbocycles. The summed E-state index contributed by atoms with van der Waals surface area (Å²) in [5.74, 6) is 0.775. The smallest absolute Gasteiger partial charge is 0.128 e. The fourth-order valence-corrected chi connectivity index (χ4v) is 3.02. The summed E-state index contributed by atoms with van der Waals surface area (Å²) < 4.78 is 6.56. The van der Waals surface area contributed by atoms with Crippen LogP contribution >= 0.6 is 27.5 Å². The highest BCUT2D eigenvalue weighted by atomic mass is 79.9.